The number of rotatable bonds is 2. The Hall–Kier alpha value is -1.63. The van der Waals surface area contributed by atoms with E-state index in [0.717, 1.165) is 4.47 Å². The van der Waals surface area contributed by atoms with Crippen LogP contribution in [0.3, 0.4) is 0 Å². The molecule has 1 aromatic rings. The molecule has 18 heavy (non-hydrogen) atoms. The van der Waals surface area contributed by atoms with E-state index in [0.29, 0.717) is 17.2 Å². The third kappa shape index (κ3) is 2.17. The number of aliphatic carboxylic acids is 1. The average molecular weight is 314 g/mol. The van der Waals surface area contributed by atoms with Crippen LogP contribution in [0, 0.1) is 12.8 Å². The van der Waals surface area contributed by atoms with Crippen molar-refractivity contribution >= 4 is 39.3 Å². The zero-order chi connectivity index (χ0) is 13.4. The minimum atomic E-state index is -0.974. The average Bonchev–Trinajstić information content (AvgIpc) is 2.66. The molecule has 0 radical (unpaired) electrons. The number of anilines is 2. The van der Waals surface area contributed by atoms with Crippen LogP contribution in [0.5, 0.6) is 0 Å². The highest BCUT2D eigenvalue weighted by atomic mass is 79.9. The van der Waals surface area contributed by atoms with Gasteiger partial charge in [-0.05, 0) is 28.9 Å². The number of halogens is 1. The number of nitrogen functional groups attached to an aromatic ring is 1. The van der Waals surface area contributed by atoms with Crippen molar-refractivity contribution in [2.75, 3.05) is 17.2 Å². The van der Waals surface area contributed by atoms with Gasteiger partial charge in [0.25, 0.3) is 0 Å². The predicted molar refractivity (Wildman–Crippen MR) is 69.2 cm³/mol. The van der Waals surface area contributed by atoms with Crippen molar-refractivity contribution in [1.29, 1.82) is 0 Å². The first-order chi connectivity index (χ1) is 8.40. The Kier molecular flexibility index (Phi) is 3.25. The van der Waals surface area contributed by atoms with Gasteiger partial charge in [0.05, 0.1) is 17.3 Å². The Morgan fingerprint density at radius 3 is 2.89 bits per heavy atom. The fourth-order valence-corrected chi connectivity index (χ4v) is 2.21. The lowest BCUT2D eigenvalue weighted by Crippen LogP contribution is -2.27. The van der Waals surface area contributed by atoms with E-state index in [1.807, 2.05) is 0 Å². The number of carboxylic acids is 1. The van der Waals surface area contributed by atoms with Crippen LogP contribution >= 0.6 is 15.9 Å². The maximum Gasteiger partial charge on any atom is 0.308 e. The van der Waals surface area contributed by atoms with Gasteiger partial charge in [-0.15, -0.1) is 0 Å². The second-order valence-corrected chi connectivity index (χ2v) is 5.07. The lowest BCUT2D eigenvalue weighted by Gasteiger charge is -2.18. The second kappa shape index (κ2) is 4.56. The third-order valence-corrected chi connectivity index (χ3v) is 3.69. The van der Waals surface area contributed by atoms with Crippen molar-refractivity contribution in [2.24, 2.45) is 5.92 Å². The van der Waals surface area contributed by atoms with Crippen molar-refractivity contribution < 1.29 is 14.7 Å². The van der Waals surface area contributed by atoms with Crippen LogP contribution in [0.4, 0.5) is 11.5 Å². The summed E-state index contributed by atoms with van der Waals surface area (Å²) in [5.41, 5.74) is 6.87. The van der Waals surface area contributed by atoms with Gasteiger partial charge in [-0.3, -0.25) is 14.5 Å². The van der Waals surface area contributed by atoms with Gasteiger partial charge in [-0.25, -0.2) is 4.98 Å². The first-order valence-corrected chi connectivity index (χ1v) is 6.15. The molecule has 3 N–H and O–H groups in total. The fourth-order valence-electron chi connectivity index (χ4n) is 1.88. The topological polar surface area (TPSA) is 96.5 Å². The number of nitrogens with zero attached hydrogens (tertiary/aromatic N) is 2. The monoisotopic (exact) mass is 313 g/mol. The predicted octanol–water partition coefficient (Wildman–Crippen LogP) is 1.17. The molecule has 1 atom stereocenters. The summed E-state index contributed by atoms with van der Waals surface area (Å²) in [6.07, 6.45) is -0.00837. The molecule has 96 valence electrons. The summed E-state index contributed by atoms with van der Waals surface area (Å²) < 4.78 is 0.755. The standard InChI is InChI=1S/C11H12BrN3O3/c1-5-7(12)3-8(13)10(14-5)15-4-6(11(17)18)2-9(15)16/h3,6H,2,4,13H2,1H3,(H,17,18). The van der Waals surface area contributed by atoms with Crippen LogP contribution in [0.25, 0.3) is 0 Å². The summed E-state index contributed by atoms with van der Waals surface area (Å²) in [4.78, 5) is 28.3. The molecule has 1 fully saturated rings. The highest BCUT2D eigenvalue weighted by Crippen LogP contribution is 2.31. The molecule has 1 aromatic heterocycles. The summed E-state index contributed by atoms with van der Waals surface area (Å²) in [6.45, 7) is 1.90. The molecule has 0 spiro atoms. The number of nitrogens with two attached hydrogens (primary N) is 1. The van der Waals surface area contributed by atoms with Crippen molar-refractivity contribution in [3.63, 3.8) is 0 Å². The number of aromatic nitrogens is 1. The van der Waals surface area contributed by atoms with E-state index >= 15 is 0 Å². The van der Waals surface area contributed by atoms with Crippen molar-refractivity contribution in [2.45, 2.75) is 13.3 Å². The minimum absolute atomic E-state index is 0.00837. The lowest BCUT2D eigenvalue weighted by molar-refractivity contribution is -0.141. The zero-order valence-electron chi connectivity index (χ0n) is 9.68. The van der Waals surface area contributed by atoms with Gasteiger partial charge in [0.2, 0.25) is 5.91 Å². The van der Waals surface area contributed by atoms with E-state index in [4.69, 9.17) is 10.8 Å². The first kappa shape index (κ1) is 12.8. The number of carboxylic acid groups (broad SMARTS) is 1. The molecule has 6 nitrogen and oxygen atoms in total. The van der Waals surface area contributed by atoms with Gasteiger partial charge in [0.15, 0.2) is 5.82 Å². The first-order valence-electron chi connectivity index (χ1n) is 5.36. The van der Waals surface area contributed by atoms with E-state index in [2.05, 4.69) is 20.9 Å². The largest absolute Gasteiger partial charge is 0.481 e. The number of pyridine rings is 1. The van der Waals surface area contributed by atoms with Crippen LogP contribution in [0.15, 0.2) is 10.5 Å². The van der Waals surface area contributed by atoms with Gasteiger partial charge in [-0.2, -0.15) is 0 Å². The lowest BCUT2D eigenvalue weighted by atomic mass is 10.1. The number of hydrogen-bond donors (Lipinski definition) is 2. The van der Waals surface area contributed by atoms with Crippen molar-refractivity contribution in [3.8, 4) is 0 Å². The van der Waals surface area contributed by atoms with Crippen molar-refractivity contribution in [3.05, 3.63) is 16.2 Å². The maximum absolute atomic E-state index is 11.8. The molecule has 0 aromatic carbocycles. The number of carbonyl (C=O) groups excluding carboxylic acids is 1. The fraction of sp³-hybridized carbons (Fsp3) is 0.364. The third-order valence-electron chi connectivity index (χ3n) is 2.89. The molecule has 2 rings (SSSR count). The Bertz CT molecular complexity index is 533. The molecule has 0 aliphatic carbocycles. The summed E-state index contributed by atoms with van der Waals surface area (Å²) in [7, 11) is 0. The quantitative estimate of drug-likeness (QED) is 0.854. The number of hydrogen-bond acceptors (Lipinski definition) is 4. The second-order valence-electron chi connectivity index (χ2n) is 4.21. The van der Waals surface area contributed by atoms with Crippen LogP contribution < -0.4 is 10.6 Å². The summed E-state index contributed by atoms with van der Waals surface area (Å²) in [5.74, 6) is -1.59. The molecule has 1 aliphatic heterocycles. The van der Waals surface area contributed by atoms with Crippen LogP contribution in [0.1, 0.15) is 12.1 Å². The van der Waals surface area contributed by atoms with Crippen molar-refractivity contribution in [1.82, 2.24) is 4.98 Å². The Balaban J connectivity index is 2.35. The smallest absolute Gasteiger partial charge is 0.308 e. The number of amides is 1. The Labute approximate surface area is 112 Å². The SMILES string of the molecule is Cc1nc(N2CC(C(=O)O)CC2=O)c(N)cc1Br. The number of carbonyl (C=O) groups is 2. The molecule has 1 aliphatic rings. The molecule has 1 saturated heterocycles. The van der Waals surface area contributed by atoms with Crippen LogP contribution in [-0.4, -0.2) is 28.5 Å². The Morgan fingerprint density at radius 1 is 1.67 bits per heavy atom. The van der Waals surface area contributed by atoms with Gasteiger partial charge < -0.3 is 10.8 Å². The molecule has 0 saturated carbocycles. The van der Waals surface area contributed by atoms with E-state index in [1.165, 1.54) is 4.90 Å². The van der Waals surface area contributed by atoms with E-state index in [-0.39, 0.29) is 18.9 Å². The normalized spacial score (nSPS) is 19.3. The van der Waals surface area contributed by atoms with E-state index in [1.54, 1.807) is 13.0 Å². The van der Waals surface area contributed by atoms with E-state index < -0.39 is 11.9 Å². The minimum Gasteiger partial charge on any atom is -0.481 e. The summed E-state index contributed by atoms with van der Waals surface area (Å²) in [6, 6.07) is 1.67. The molecular weight excluding hydrogens is 302 g/mol. The Morgan fingerprint density at radius 2 is 2.33 bits per heavy atom. The summed E-state index contributed by atoms with van der Waals surface area (Å²) >= 11 is 3.30. The zero-order valence-corrected chi connectivity index (χ0v) is 11.3. The van der Waals surface area contributed by atoms with Gasteiger partial charge >= 0.3 is 5.97 Å². The molecule has 0 bridgehead atoms. The molecule has 1 unspecified atom stereocenters. The molecule has 2 heterocycles. The van der Waals surface area contributed by atoms with Gasteiger partial charge in [-0.1, -0.05) is 0 Å². The highest BCUT2D eigenvalue weighted by Gasteiger charge is 2.36. The molecular formula is C11H12BrN3O3. The van der Waals surface area contributed by atoms with Gasteiger partial charge in [0.1, 0.15) is 0 Å². The maximum atomic E-state index is 11.8. The van der Waals surface area contributed by atoms with Crippen LogP contribution in [-0.2, 0) is 9.59 Å². The highest BCUT2D eigenvalue weighted by molar-refractivity contribution is 9.10. The van der Waals surface area contributed by atoms with E-state index in [9.17, 15) is 9.59 Å². The van der Waals surface area contributed by atoms with Gasteiger partial charge in [0, 0.05) is 17.4 Å². The van der Waals surface area contributed by atoms with Crippen LogP contribution in [0.2, 0.25) is 0 Å². The molecule has 7 heteroatoms. The molecule has 1 amide bonds. The number of aryl methyl sites for hydroxylation is 1. The summed E-state index contributed by atoms with van der Waals surface area (Å²) in [5, 5.41) is 8.93.